The topological polar surface area (TPSA) is 89.0 Å². The van der Waals surface area contributed by atoms with Crippen LogP contribution in [0.5, 0.6) is 0 Å². The van der Waals surface area contributed by atoms with Gasteiger partial charge in [0.2, 0.25) is 11.9 Å². The fourth-order valence-electron chi connectivity index (χ4n) is 3.23. The van der Waals surface area contributed by atoms with Crippen LogP contribution in [0.25, 0.3) is 11.4 Å². The summed E-state index contributed by atoms with van der Waals surface area (Å²) in [6, 6.07) is 16.8. The SMILES string of the molecule is COC(=O)c1cccc(-c2nc(NCc3ccc(F)cc3)nc(Nc3cccc(C(F)(F)F)c3)n2)c1. The van der Waals surface area contributed by atoms with Gasteiger partial charge in [0.25, 0.3) is 0 Å². The number of alkyl halides is 3. The molecule has 36 heavy (non-hydrogen) atoms. The molecular formula is C25H19F4N5O2. The van der Waals surface area contributed by atoms with Gasteiger partial charge in [-0.15, -0.1) is 0 Å². The Labute approximate surface area is 203 Å². The van der Waals surface area contributed by atoms with Crippen LogP contribution < -0.4 is 10.6 Å². The van der Waals surface area contributed by atoms with E-state index in [9.17, 15) is 22.4 Å². The molecule has 4 rings (SSSR count). The quantitative estimate of drug-likeness (QED) is 0.245. The Morgan fingerprint density at radius 3 is 2.36 bits per heavy atom. The van der Waals surface area contributed by atoms with Crippen molar-refractivity contribution in [1.29, 1.82) is 0 Å². The molecule has 11 heteroatoms. The van der Waals surface area contributed by atoms with E-state index in [0.29, 0.717) is 5.56 Å². The van der Waals surface area contributed by atoms with Gasteiger partial charge in [0.05, 0.1) is 18.2 Å². The third-order valence-corrected chi connectivity index (χ3v) is 4.99. The molecule has 0 spiro atoms. The number of hydrogen-bond acceptors (Lipinski definition) is 7. The highest BCUT2D eigenvalue weighted by Gasteiger charge is 2.30. The average Bonchev–Trinajstić information content (AvgIpc) is 2.87. The first-order valence-corrected chi connectivity index (χ1v) is 10.6. The highest BCUT2D eigenvalue weighted by molar-refractivity contribution is 5.90. The van der Waals surface area contributed by atoms with Crippen LogP contribution in [0.3, 0.4) is 0 Å². The molecule has 3 aromatic carbocycles. The van der Waals surface area contributed by atoms with Gasteiger partial charge in [0, 0.05) is 17.8 Å². The Balaban J connectivity index is 1.69. The number of carbonyl (C=O) groups excluding carboxylic acids is 1. The zero-order chi connectivity index (χ0) is 25.7. The number of nitrogens with one attached hydrogen (secondary N) is 2. The minimum absolute atomic E-state index is 0.0237. The zero-order valence-electron chi connectivity index (χ0n) is 18.8. The molecule has 0 atom stereocenters. The molecule has 0 bridgehead atoms. The van der Waals surface area contributed by atoms with Gasteiger partial charge >= 0.3 is 12.1 Å². The van der Waals surface area contributed by atoms with Gasteiger partial charge in [-0.3, -0.25) is 0 Å². The maximum Gasteiger partial charge on any atom is 0.416 e. The largest absolute Gasteiger partial charge is 0.465 e. The Hall–Kier alpha value is -4.54. The number of halogens is 4. The molecule has 0 radical (unpaired) electrons. The Bertz CT molecular complexity index is 1380. The van der Waals surface area contributed by atoms with Gasteiger partial charge in [-0.2, -0.15) is 28.1 Å². The van der Waals surface area contributed by atoms with Crippen molar-refractivity contribution in [1.82, 2.24) is 15.0 Å². The van der Waals surface area contributed by atoms with Crippen LogP contribution in [0.2, 0.25) is 0 Å². The summed E-state index contributed by atoms with van der Waals surface area (Å²) in [5.74, 6) is -0.680. The van der Waals surface area contributed by atoms with Gasteiger partial charge in [-0.25, -0.2) is 9.18 Å². The van der Waals surface area contributed by atoms with Gasteiger partial charge < -0.3 is 15.4 Å². The molecule has 1 heterocycles. The van der Waals surface area contributed by atoms with Crippen LogP contribution in [0.4, 0.5) is 35.1 Å². The molecule has 0 saturated carbocycles. The van der Waals surface area contributed by atoms with Crippen molar-refractivity contribution in [3.8, 4) is 11.4 Å². The third kappa shape index (κ3) is 6.12. The summed E-state index contributed by atoms with van der Waals surface area (Å²) >= 11 is 0. The number of nitrogens with zero attached hydrogens (tertiary/aromatic N) is 3. The summed E-state index contributed by atoms with van der Waals surface area (Å²) in [5.41, 5.74) is 0.760. The summed E-state index contributed by atoms with van der Waals surface area (Å²) in [6.45, 7) is 0.245. The van der Waals surface area contributed by atoms with Crippen molar-refractivity contribution in [2.24, 2.45) is 0 Å². The van der Waals surface area contributed by atoms with Crippen LogP contribution in [0.15, 0.2) is 72.8 Å². The van der Waals surface area contributed by atoms with Crippen molar-refractivity contribution in [3.63, 3.8) is 0 Å². The van der Waals surface area contributed by atoms with Crippen LogP contribution in [-0.2, 0) is 17.5 Å². The number of esters is 1. The van der Waals surface area contributed by atoms with E-state index in [2.05, 4.69) is 25.6 Å². The normalized spacial score (nSPS) is 11.1. The summed E-state index contributed by atoms with van der Waals surface area (Å²) in [5, 5.41) is 5.78. The lowest BCUT2D eigenvalue weighted by Gasteiger charge is -2.12. The molecular weight excluding hydrogens is 478 g/mol. The second-order valence-electron chi connectivity index (χ2n) is 7.56. The highest BCUT2D eigenvalue weighted by atomic mass is 19.4. The predicted octanol–water partition coefficient (Wildman–Crippen LogP) is 5.84. The van der Waals surface area contributed by atoms with Crippen molar-refractivity contribution < 1.29 is 27.1 Å². The van der Waals surface area contributed by atoms with E-state index < -0.39 is 17.7 Å². The Morgan fingerprint density at radius 1 is 0.917 bits per heavy atom. The molecule has 4 aromatic rings. The van der Waals surface area contributed by atoms with E-state index in [-0.39, 0.29) is 41.3 Å². The van der Waals surface area contributed by atoms with E-state index in [4.69, 9.17) is 4.74 Å². The van der Waals surface area contributed by atoms with Crippen LogP contribution >= 0.6 is 0 Å². The summed E-state index contributed by atoms with van der Waals surface area (Å²) < 4.78 is 57.4. The smallest absolute Gasteiger partial charge is 0.416 e. The monoisotopic (exact) mass is 497 g/mol. The predicted molar refractivity (Wildman–Crippen MR) is 125 cm³/mol. The molecule has 7 nitrogen and oxygen atoms in total. The summed E-state index contributed by atoms with van der Waals surface area (Å²) in [4.78, 5) is 24.9. The number of methoxy groups -OCH3 is 1. The first-order valence-electron chi connectivity index (χ1n) is 10.6. The lowest BCUT2D eigenvalue weighted by atomic mass is 10.1. The minimum Gasteiger partial charge on any atom is -0.465 e. The molecule has 1 aromatic heterocycles. The standard InChI is InChI=1S/C25H19F4N5O2/c1-36-22(35)17-5-2-4-16(12-17)21-32-23(30-14-15-8-10-19(26)11-9-15)34-24(33-21)31-20-7-3-6-18(13-20)25(27,28)29/h2-13H,14H2,1H3,(H2,30,31,32,33,34). The Kier molecular flexibility index (Phi) is 7.09. The van der Waals surface area contributed by atoms with E-state index >= 15 is 0 Å². The van der Waals surface area contributed by atoms with E-state index in [1.165, 1.54) is 37.4 Å². The van der Waals surface area contributed by atoms with E-state index in [1.54, 1.807) is 30.3 Å². The number of carbonyl (C=O) groups is 1. The fraction of sp³-hybridized carbons (Fsp3) is 0.120. The molecule has 0 fully saturated rings. The Morgan fingerprint density at radius 2 is 1.64 bits per heavy atom. The third-order valence-electron chi connectivity index (χ3n) is 4.99. The number of aromatic nitrogens is 3. The molecule has 0 unspecified atom stereocenters. The molecule has 0 saturated heterocycles. The van der Waals surface area contributed by atoms with Gasteiger partial charge in [-0.05, 0) is 48.0 Å². The molecule has 0 aliphatic rings. The average molecular weight is 497 g/mol. The van der Waals surface area contributed by atoms with Crippen molar-refractivity contribution in [2.75, 3.05) is 17.7 Å². The molecule has 2 N–H and O–H groups in total. The lowest BCUT2D eigenvalue weighted by Crippen LogP contribution is -2.09. The second kappa shape index (κ2) is 10.4. The van der Waals surface area contributed by atoms with E-state index in [0.717, 1.165) is 17.7 Å². The fourth-order valence-corrected chi connectivity index (χ4v) is 3.23. The van der Waals surface area contributed by atoms with Gasteiger partial charge in [0.15, 0.2) is 5.82 Å². The minimum atomic E-state index is -4.52. The zero-order valence-corrected chi connectivity index (χ0v) is 18.8. The van der Waals surface area contributed by atoms with Gasteiger partial charge in [-0.1, -0.05) is 30.3 Å². The highest BCUT2D eigenvalue weighted by Crippen LogP contribution is 2.31. The van der Waals surface area contributed by atoms with Crippen LogP contribution in [0, 0.1) is 5.82 Å². The first kappa shape index (κ1) is 24.6. The summed E-state index contributed by atoms with van der Waals surface area (Å²) in [7, 11) is 1.26. The van der Waals surface area contributed by atoms with Crippen molar-refractivity contribution >= 4 is 23.6 Å². The van der Waals surface area contributed by atoms with Crippen LogP contribution in [-0.4, -0.2) is 28.0 Å². The van der Waals surface area contributed by atoms with E-state index in [1.807, 2.05) is 0 Å². The maximum atomic E-state index is 13.2. The second-order valence-corrected chi connectivity index (χ2v) is 7.56. The molecule has 0 aliphatic carbocycles. The van der Waals surface area contributed by atoms with Gasteiger partial charge in [0.1, 0.15) is 5.82 Å². The molecule has 0 amide bonds. The molecule has 184 valence electrons. The number of rotatable bonds is 7. The van der Waals surface area contributed by atoms with Crippen LogP contribution in [0.1, 0.15) is 21.5 Å². The maximum absolute atomic E-state index is 13.2. The summed E-state index contributed by atoms with van der Waals surface area (Å²) in [6.07, 6.45) is -4.52. The van der Waals surface area contributed by atoms with Crippen molar-refractivity contribution in [2.45, 2.75) is 12.7 Å². The molecule has 0 aliphatic heterocycles. The number of ether oxygens (including phenoxy) is 1. The van der Waals surface area contributed by atoms with Crippen molar-refractivity contribution in [3.05, 3.63) is 95.3 Å². The lowest BCUT2D eigenvalue weighted by molar-refractivity contribution is -0.137. The number of anilines is 3. The number of hydrogen-bond donors (Lipinski definition) is 2. The first-order chi connectivity index (χ1) is 17.2. The number of benzene rings is 3.